The van der Waals surface area contributed by atoms with E-state index in [0.29, 0.717) is 52.3 Å². The third kappa shape index (κ3) is 13.7. The van der Waals surface area contributed by atoms with Crippen LogP contribution in [0.1, 0.15) is 60.8 Å². The Labute approximate surface area is 344 Å². The highest BCUT2D eigenvalue weighted by molar-refractivity contribution is 6.61. The van der Waals surface area contributed by atoms with E-state index in [1.807, 2.05) is 0 Å². The zero-order valence-electron chi connectivity index (χ0n) is 35.6. The molecule has 0 aromatic carbocycles. The number of ether oxygens (including phenoxy) is 4. The van der Waals surface area contributed by atoms with Crippen LogP contribution >= 0.6 is 0 Å². The van der Waals surface area contributed by atoms with Crippen LogP contribution in [0.4, 0.5) is 0 Å². The molecule has 0 saturated carbocycles. The van der Waals surface area contributed by atoms with Crippen molar-refractivity contribution in [1.29, 1.82) is 0 Å². The number of hydrogen-bond acceptors (Lipinski definition) is 16. The molecule has 0 spiro atoms. The van der Waals surface area contributed by atoms with Gasteiger partial charge in [-0.15, -0.1) is 0 Å². The molecule has 9 atom stereocenters. The van der Waals surface area contributed by atoms with E-state index in [4.69, 9.17) is 58.8 Å². The largest absolute Gasteiger partial charge is 0.501 e. The van der Waals surface area contributed by atoms with Crippen molar-refractivity contribution in [1.82, 2.24) is 14.7 Å². The highest BCUT2D eigenvalue weighted by Gasteiger charge is 2.51. The minimum atomic E-state index is -3.12. The maximum absolute atomic E-state index is 6.93. The van der Waals surface area contributed by atoms with Gasteiger partial charge in [-0.25, -0.2) is 0 Å². The molecule has 0 aliphatic carbocycles. The molecule has 0 aromatic heterocycles. The van der Waals surface area contributed by atoms with Crippen molar-refractivity contribution in [2.75, 3.05) is 112 Å². The summed E-state index contributed by atoms with van der Waals surface area (Å²) in [6, 6.07) is 2.13. The first-order chi connectivity index (χ1) is 27.5. The van der Waals surface area contributed by atoms with Crippen LogP contribution in [0, 0.1) is 0 Å². The van der Waals surface area contributed by atoms with E-state index in [-0.39, 0.29) is 54.9 Å². The topological polar surface area (TPSA) is 133 Å². The summed E-state index contributed by atoms with van der Waals surface area (Å²) in [5, 5.41) is 0. The van der Waals surface area contributed by atoms with E-state index in [2.05, 4.69) is 56.2 Å². The number of hydrogen-bond donors (Lipinski definition) is 0. The van der Waals surface area contributed by atoms with Gasteiger partial charge in [0, 0.05) is 96.9 Å². The number of rotatable bonds is 18. The number of fused-ring (bicyclic) bond motifs is 18. The SMILES string of the molecule is CC1CN2CC(C)O[Si](CCCOCC3CN4CCO[Si](CCCOCC5CO5)(O3)OC(COCCC[Si]35OC(C)CN(CC(C)O3)CC(C)O5)C4)(O1)OC(C)C2. The molecule has 9 unspecified atom stereocenters. The summed E-state index contributed by atoms with van der Waals surface area (Å²) in [5.74, 6) is 0. The summed E-state index contributed by atoms with van der Waals surface area (Å²) >= 11 is 0. The zero-order valence-corrected chi connectivity index (χ0v) is 38.6. The van der Waals surface area contributed by atoms with Crippen molar-refractivity contribution in [3.05, 3.63) is 0 Å². The Hall–Kier alpha value is 0.0106. The van der Waals surface area contributed by atoms with Crippen molar-refractivity contribution in [2.45, 2.75) is 134 Å². The highest BCUT2D eigenvalue weighted by atomic mass is 28.4. The van der Waals surface area contributed by atoms with E-state index < -0.39 is 26.4 Å². The lowest BCUT2D eigenvalue weighted by atomic mass is 10.2. The molecule has 0 aromatic rings. The lowest BCUT2D eigenvalue weighted by Gasteiger charge is -2.45. The fourth-order valence-electron chi connectivity index (χ4n) is 9.40. The van der Waals surface area contributed by atoms with Gasteiger partial charge in [-0.05, 0) is 60.8 Å². The van der Waals surface area contributed by atoms with E-state index in [0.717, 1.165) is 96.9 Å². The quantitative estimate of drug-likeness (QED) is 0.114. The molecule has 0 amide bonds. The van der Waals surface area contributed by atoms with Gasteiger partial charge in [0.15, 0.2) is 0 Å². The Morgan fingerprint density at radius 1 is 0.439 bits per heavy atom. The van der Waals surface area contributed by atoms with Gasteiger partial charge in [0.1, 0.15) is 6.10 Å². The normalized spacial score (nSPS) is 45.2. The summed E-state index contributed by atoms with van der Waals surface area (Å²) in [4.78, 5) is 7.15. The molecule has 19 heteroatoms. The van der Waals surface area contributed by atoms with Crippen molar-refractivity contribution in [2.24, 2.45) is 0 Å². The molecule has 10 aliphatic rings. The lowest BCUT2D eigenvalue weighted by Crippen LogP contribution is -2.62. The first-order valence-corrected chi connectivity index (χ1v) is 27.8. The Morgan fingerprint density at radius 3 is 1.16 bits per heavy atom. The first-order valence-electron chi connectivity index (χ1n) is 22.0. The monoisotopic (exact) mass is 863 g/mol. The third-order valence-electron chi connectivity index (χ3n) is 11.4. The van der Waals surface area contributed by atoms with Crippen LogP contribution in [-0.2, 0) is 58.8 Å². The van der Waals surface area contributed by atoms with Gasteiger partial charge < -0.3 is 58.8 Å². The Balaban J connectivity index is 0.912. The molecule has 0 radical (unpaired) electrons. The predicted octanol–water partition coefficient (Wildman–Crippen LogP) is 2.63. The number of nitrogens with zero attached hydrogens (tertiary/aromatic N) is 3. The highest BCUT2D eigenvalue weighted by Crippen LogP contribution is 2.32. The van der Waals surface area contributed by atoms with Crippen molar-refractivity contribution >= 4 is 26.4 Å². The average Bonchev–Trinajstić information content (AvgIpc) is 3.90. The predicted molar refractivity (Wildman–Crippen MR) is 216 cm³/mol. The van der Waals surface area contributed by atoms with Crippen LogP contribution in [0.25, 0.3) is 0 Å². The average molecular weight is 864 g/mol. The van der Waals surface area contributed by atoms with Gasteiger partial charge in [-0.2, -0.15) is 0 Å². The van der Waals surface area contributed by atoms with E-state index >= 15 is 0 Å². The van der Waals surface area contributed by atoms with Crippen LogP contribution < -0.4 is 0 Å². The summed E-state index contributed by atoms with van der Waals surface area (Å²) in [5.41, 5.74) is 0. The smallest absolute Gasteiger partial charge is 0.379 e. The van der Waals surface area contributed by atoms with Crippen LogP contribution in [0.2, 0.25) is 18.1 Å². The summed E-state index contributed by atoms with van der Waals surface area (Å²) in [6.45, 7) is 25.1. The molecule has 57 heavy (non-hydrogen) atoms. The molecule has 330 valence electrons. The van der Waals surface area contributed by atoms with Crippen molar-refractivity contribution in [3.8, 4) is 0 Å². The molecular weight excluding hydrogens is 791 g/mol. The van der Waals surface area contributed by atoms with Gasteiger partial charge in [-0.3, -0.25) is 14.7 Å². The molecule has 6 bridgehead atoms. The minimum absolute atomic E-state index is 0.0724. The second-order valence-corrected chi connectivity index (χ2v) is 25.4. The van der Waals surface area contributed by atoms with Gasteiger partial charge in [-0.1, -0.05) is 0 Å². The second kappa shape index (κ2) is 20.9. The fourth-order valence-corrected chi connectivity index (χ4v) is 18.6. The van der Waals surface area contributed by atoms with Gasteiger partial charge in [0.05, 0.1) is 81.9 Å². The Kier molecular flexibility index (Phi) is 16.5. The second-order valence-electron chi connectivity index (χ2n) is 17.6. The molecule has 10 aliphatic heterocycles. The molecule has 10 fully saturated rings. The molecular formula is C38H73N3O13Si3. The standard InChI is InChI=1S/C38H73N3O13Si3/c1-30-18-40-19-31(2)48-56(47-30,49-32(3)20-40)16-8-12-42-26-36-24-39-10-14-46-55(53-36,15-7-11-44-28-38-29-45-38)54-37(25-39)27-43-13-9-17-57-50-33(4)21-41(22-34(5)51-57)23-35(6)52-57/h30-38H,7-29H2,1-6H3. The third-order valence-corrected chi connectivity index (χ3v) is 20.8. The maximum Gasteiger partial charge on any atom is 0.501 e. The zero-order chi connectivity index (χ0) is 39.9. The van der Waals surface area contributed by atoms with Gasteiger partial charge >= 0.3 is 26.4 Å². The molecule has 10 saturated heterocycles. The minimum Gasteiger partial charge on any atom is -0.379 e. The first kappa shape index (κ1) is 45.0. The van der Waals surface area contributed by atoms with Crippen LogP contribution in [-0.4, -0.2) is 208 Å². The summed E-state index contributed by atoms with van der Waals surface area (Å²) in [7, 11) is -8.84. The molecule has 16 nitrogen and oxygen atoms in total. The van der Waals surface area contributed by atoms with Gasteiger partial charge in [0.25, 0.3) is 0 Å². The fraction of sp³-hybridized carbons (Fsp3) is 1.00. The molecule has 0 N–H and O–H groups in total. The van der Waals surface area contributed by atoms with E-state index in [1.165, 1.54) is 0 Å². The maximum atomic E-state index is 6.93. The van der Waals surface area contributed by atoms with E-state index in [9.17, 15) is 0 Å². The summed E-state index contributed by atoms with van der Waals surface area (Å²) in [6.07, 6.45) is 2.68. The van der Waals surface area contributed by atoms with Crippen LogP contribution in [0.3, 0.4) is 0 Å². The van der Waals surface area contributed by atoms with E-state index in [1.54, 1.807) is 0 Å². The van der Waals surface area contributed by atoms with Gasteiger partial charge in [0.2, 0.25) is 0 Å². The molecule has 10 heterocycles. The number of epoxide rings is 1. The van der Waals surface area contributed by atoms with Crippen LogP contribution in [0.5, 0.6) is 0 Å². The Morgan fingerprint density at radius 2 is 0.789 bits per heavy atom. The summed E-state index contributed by atoms with van der Waals surface area (Å²) < 4.78 is 83.8. The Bertz CT molecular complexity index is 1090. The van der Waals surface area contributed by atoms with Crippen LogP contribution in [0.15, 0.2) is 0 Å². The molecule has 10 rings (SSSR count). The lowest BCUT2D eigenvalue weighted by molar-refractivity contribution is -0.101. The van der Waals surface area contributed by atoms with Crippen molar-refractivity contribution < 1.29 is 58.8 Å². The van der Waals surface area contributed by atoms with Crippen molar-refractivity contribution in [3.63, 3.8) is 0 Å².